The maximum absolute atomic E-state index is 12.5. The number of nitrogens with two attached hydrogens (primary N) is 1. The third kappa shape index (κ3) is 3.92. The zero-order valence-corrected chi connectivity index (χ0v) is 14.6. The van der Waals surface area contributed by atoms with Gasteiger partial charge < -0.3 is 16.2 Å². The molecule has 1 atom stereocenters. The number of carbonyl (C=O) groups excluding carboxylic acids is 1. The fourth-order valence-electron chi connectivity index (χ4n) is 2.89. The number of aromatic hydroxyl groups is 1. The van der Waals surface area contributed by atoms with Gasteiger partial charge in [0.1, 0.15) is 5.75 Å². The van der Waals surface area contributed by atoms with Crippen molar-refractivity contribution in [3.8, 4) is 17.0 Å². The number of nitrogens with zero attached hydrogens (tertiary/aromatic N) is 2. The number of phenols is 1. The van der Waals surface area contributed by atoms with Gasteiger partial charge in [0, 0.05) is 37.0 Å². The number of carbonyl (C=O) groups is 1. The number of amides is 1. The van der Waals surface area contributed by atoms with Crippen LogP contribution >= 0.6 is 0 Å². The number of nitrogens with one attached hydrogen (secondary N) is 1. The van der Waals surface area contributed by atoms with E-state index in [1.165, 1.54) is 6.07 Å². The second-order valence-electron chi connectivity index (χ2n) is 6.17. The highest BCUT2D eigenvalue weighted by atomic mass is 16.3. The summed E-state index contributed by atoms with van der Waals surface area (Å²) in [5.41, 5.74) is 8.71. The van der Waals surface area contributed by atoms with E-state index in [1.807, 2.05) is 30.3 Å². The predicted molar refractivity (Wildman–Crippen MR) is 101 cm³/mol. The second kappa shape index (κ2) is 7.84. The van der Waals surface area contributed by atoms with Crippen molar-refractivity contribution in [3.63, 3.8) is 0 Å². The highest BCUT2D eigenvalue weighted by Crippen LogP contribution is 2.29. The number of benzene rings is 2. The molecule has 3 rings (SSSR count). The van der Waals surface area contributed by atoms with E-state index in [1.54, 1.807) is 36.1 Å². The van der Waals surface area contributed by atoms with Crippen molar-refractivity contribution in [3.05, 3.63) is 71.9 Å². The Morgan fingerprint density at radius 3 is 2.62 bits per heavy atom. The van der Waals surface area contributed by atoms with Crippen LogP contribution in [0.4, 0.5) is 0 Å². The summed E-state index contributed by atoms with van der Waals surface area (Å²) in [6, 6.07) is 16.4. The van der Waals surface area contributed by atoms with Crippen LogP contribution in [-0.4, -0.2) is 33.4 Å². The Morgan fingerprint density at radius 2 is 2.00 bits per heavy atom. The lowest BCUT2D eigenvalue weighted by Gasteiger charge is -2.17. The first-order chi connectivity index (χ1) is 12.6. The van der Waals surface area contributed by atoms with Gasteiger partial charge in [-0.05, 0) is 36.2 Å². The largest absolute Gasteiger partial charge is 0.507 e. The molecule has 134 valence electrons. The summed E-state index contributed by atoms with van der Waals surface area (Å²) in [7, 11) is 1.80. The first-order valence-corrected chi connectivity index (χ1v) is 8.44. The molecule has 0 saturated carbocycles. The summed E-state index contributed by atoms with van der Waals surface area (Å²) < 4.78 is 1.67. The van der Waals surface area contributed by atoms with E-state index in [0.717, 1.165) is 11.3 Å². The van der Waals surface area contributed by atoms with E-state index < -0.39 is 0 Å². The van der Waals surface area contributed by atoms with Gasteiger partial charge in [-0.2, -0.15) is 5.10 Å². The SMILES string of the molecule is Cn1nccc1-c1ccc(C(=O)NC(CN)Cc2ccccc2)cc1O. The molecule has 0 spiro atoms. The van der Waals surface area contributed by atoms with E-state index in [2.05, 4.69) is 10.4 Å². The van der Waals surface area contributed by atoms with Gasteiger partial charge in [0.25, 0.3) is 5.91 Å². The number of phenolic OH excluding ortho intramolecular Hbond substituents is 1. The molecule has 1 unspecified atom stereocenters. The van der Waals surface area contributed by atoms with Crippen LogP contribution in [0.3, 0.4) is 0 Å². The molecule has 6 heteroatoms. The molecule has 6 nitrogen and oxygen atoms in total. The smallest absolute Gasteiger partial charge is 0.251 e. The zero-order chi connectivity index (χ0) is 18.5. The molecule has 0 fully saturated rings. The van der Waals surface area contributed by atoms with Crippen molar-refractivity contribution in [2.45, 2.75) is 12.5 Å². The van der Waals surface area contributed by atoms with Gasteiger partial charge in [-0.15, -0.1) is 0 Å². The third-order valence-corrected chi connectivity index (χ3v) is 4.30. The maximum atomic E-state index is 12.5. The Balaban J connectivity index is 1.73. The fraction of sp³-hybridized carbons (Fsp3) is 0.200. The molecule has 26 heavy (non-hydrogen) atoms. The van der Waals surface area contributed by atoms with Crippen molar-refractivity contribution < 1.29 is 9.90 Å². The Hall–Kier alpha value is -3.12. The molecule has 1 amide bonds. The van der Waals surface area contributed by atoms with Crippen molar-refractivity contribution in [2.24, 2.45) is 12.8 Å². The number of rotatable bonds is 6. The first-order valence-electron chi connectivity index (χ1n) is 8.44. The number of hydrogen-bond donors (Lipinski definition) is 3. The molecule has 0 saturated heterocycles. The number of hydrogen-bond acceptors (Lipinski definition) is 4. The standard InChI is InChI=1S/C20H22N4O2/c1-24-18(9-10-22-24)17-8-7-15(12-19(17)25)20(26)23-16(13-21)11-14-5-3-2-4-6-14/h2-10,12,16,25H,11,13,21H2,1H3,(H,23,26). The normalized spacial score (nSPS) is 11.9. The van der Waals surface area contributed by atoms with Crippen LogP contribution in [0, 0.1) is 0 Å². The quantitative estimate of drug-likeness (QED) is 0.635. The molecule has 1 heterocycles. The Bertz CT molecular complexity index is 890. The van der Waals surface area contributed by atoms with Crippen LogP contribution in [0.25, 0.3) is 11.3 Å². The molecular formula is C20H22N4O2. The van der Waals surface area contributed by atoms with Crippen LogP contribution in [0.2, 0.25) is 0 Å². The topological polar surface area (TPSA) is 93.2 Å². The molecular weight excluding hydrogens is 328 g/mol. The fourth-order valence-corrected chi connectivity index (χ4v) is 2.89. The van der Waals surface area contributed by atoms with Crippen LogP contribution in [-0.2, 0) is 13.5 Å². The average molecular weight is 350 g/mol. The Morgan fingerprint density at radius 1 is 1.23 bits per heavy atom. The van der Waals surface area contributed by atoms with Crippen molar-refractivity contribution in [2.75, 3.05) is 6.54 Å². The number of aromatic nitrogens is 2. The summed E-state index contributed by atoms with van der Waals surface area (Å²) in [6.45, 7) is 0.333. The van der Waals surface area contributed by atoms with Crippen molar-refractivity contribution in [1.82, 2.24) is 15.1 Å². The Labute approximate surface area is 152 Å². The zero-order valence-electron chi connectivity index (χ0n) is 14.6. The van der Waals surface area contributed by atoms with Crippen molar-refractivity contribution >= 4 is 5.91 Å². The van der Waals surface area contributed by atoms with Gasteiger partial charge in [0.2, 0.25) is 0 Å². The van der Waals surface area contributed by atoms with E-state index in [-0.39, 0.29) is 17.7 Å². The number of aryl methyl sites for hydroxylation is 1. The lowest BCUT2D eigenvalue weighted by atomic mass is 10.0. The second-order valence-corrected chi connectivity index (χ2v) is 6.17. The van der Waals surface area contributed by atoms with Crippen LogP contribution < -0.4 is 11.1 Å². The summed E-state index contributed by atoms with van der Waals surface area (Å²) in [5, 5.41) is 17.3. The molecule has 4 N–H and O–H groups in total. The van der Waals surface area contributed by atoms with Crippen molar-refractivity contribution in [1.29, 1.82) is 0 Å². The van der Waals surface area contributed by atoms with Gasteiger partial charge in [-0.25, -0.2) is 0 Å². The summed E-state index contributed by atoms with van der Waals surface area (Å²) in [4.78, 5) is 12.5. The average Bonchev–Trinajstić information content (AvgIpc) is 3.07. The highest BCUT2D eigenvalue weighted by molar-refractivity contribution is 5.95. The predicted octanol–water partition coefficient (Wildman–Crippen LogP) is 2.09. The third-order valence-electron chi connectivity index (χ3n) is 4.30. The molecule has 1 aromatic heterocycles. The minimum Gasteiger partial charge on any atom is -0.507 e. The molecule has 0 aliphatic rings. The maximum Gasteiger partial charge on any atom is 0.251 e. The van der Waals surface area contributed by atoms with Gasteiger partial charge in [0.15, 0.2) is 0 Å². The summed E-state index contributed by atoms with van der Waals surface area (Å²) >= 11 is 0. The summed E-state index contributed by atoms with van der Waals surface area (Å²) in [6.07, 6.45) is 2.31. The first kappa shape index (κ1) is 17.7. The molecule has 0 radical (unpaired) electrons. The van der Waals surface area contributed by atoms with Crippen LogP contribution in [0.5, 0.6) is 5.75 Å². The molecule has 3 aromatic rings. The lowest BCUT2D eigenvalue weighted by molar-refractivity contribution is 0.0937. The van der Waals surface area contributed by atoms with E-state index in [9.17, 15) is 9.90 Å². The van der Waals surface area contributed by atoms with E-state index in [4.69, 9.17) is 5.73 Å². The molecule has 0 bridgehead atoms. The van der Waals surface area contributed by atoms with Gasteiger partial charge in [-0.3, -0.25) is 9.48 Å². The van der Waals surface area contributed by atoms with E-state index >= 15 is 0 Å². The summed E-state index contributed by atoms with van der Waals surface area (Å²) in [5.74, 6) is -0.225. The van der Waals surface area contributed by atoms with Gasteiger partial charge in [0.05, 0.1) is 5.69 Å². The monoisotopic (exact) mass is 350 g/mol. The Kier molecular flexibility index (Phi) is 5.34. The highest BCUT2D eigenvalue weighted by Gasteiger charge is 2.16. The van der Waals surface area contributed by atoms with Crippen LogP contribution in [0.1, 0.15) is 15.9 Å². The minimum atomic E-state index is -0.261. The van der Waals surface area contributed by atoms with E-state index in [0.29, 0.717) is 24.1 Å². The van der Waals surface area contributed by atoms with Gasteiger partial charge in [-0.1, -0.05) is 30.3 Å². The molecule has 0 aliphatic heterocycles. The molecule has 0 aliphatic carbocycles. The molecule has 2 aromatic carbocycles. The lowest BCUT2D eigenvalue weighted by Crippen LogP contribution is -2.41. The minimum absolute atomic E-state index is 0.0357. The van der Waals surface area contributed by atoms with Gasteiger partial charge >= 0.3 is 0 Å². The van der Waals surface area contributed by atoms with Crippen LogP contribution in [0.15, 0.2) is 60.8 Å².